The number of hydrogen-bond donors (Lipinski definition) is 1. The smallest absolute Gasteiger partial charge is 0.229 e. The molecule has 2 heterocycles. The molecule has 4 aromatic rings. The molecular formula is C22H17FN4O. The first-order chi connectivity index (χ1) is 13.6. The fourth-order valence-corrected chi connectivity index (χ4v) is 3.14. The van der Waals surface area contributed by atoms with Crippen LogP contribution in [-0.2, 0) is 4.79 Å². The average Bonchev–Trinajstić information content (AvgIpc) is 3.14. The van der Waals surface area contributed by atoms with E-state index in [4.69, 9.17) is 0 Å². The number of rotatable bonds is 4. The van der Waals surface area contributed by atoms with Crippen molar-refractivity contribution < 1.29 is 9.18 Å². The van der Waals surface area contributed by atoms with Crippen LogP contribution in [0.5, 0.6) is 0 Å². The summed E-state index contributed by atoms with van der Waals surface area (Å²) in [6.45, 7) is 1.50. The first kappa shape index (κ1) is 17.6. The monoisotopic (exact) mass is 372 g/mol. The normalized spacial score (nSPS) is 10.6. The van der Waals surface area contributed by atoms with Crippen molar-refractivity contribution in [2.75, 3.05) is 4.90 Å². The van der Waals surface area contributed by atoms with E-state index in [2.05, 4.69) is 15.2 Å². The number of carbonyl (C=O) groups is 1. The lowest BCUT2D eigenvalue weighted by atomic mass is 10.0. The molecule has 5 nitrogen and oxygen atoms in total. The van der Waals surface area contributed by atoms with E-state index < -0.39 is 0 Å². The summed E-state index contributed by atoms with van der Waals surface area (Å²) in [4.78, 5) is 18.2. The lowest BCUT2D eigenvalue weighted by molar-refractivity contribution is -0.115. The maximum Gasteiger partial charge on any atom is 0.229 e. The van der Waals surface area contributed by atoms with Crippen LogP contribution < -0.4 is 4.90 Å². The molecule has 0 fully saturated rings. The van der Waals surface area contributed by atoms with Crippen LogP contribution in [-0.4, -0.2) is 21.1 Å². The molecule has 0 radical (unpaired) electrons. The van der Waals surface area contributed by atoms with E-state index in [1.54, 1.807) is 29.4 Å². The molecule has 0 saturated heterocycles. The highest BCUT2D eigenvalue weighted by Crippen LogP contribution is 2.40. The van der Waals surface area contributed by atoms with Crippen molar-refractivity contribution in [2.24, 2.45) is 0 Å². The van der Waals surface area contributed by atoms with E-state index in [1.807, 2.05) is 42.5 Å². The molecule has 0 saturated carbocycles. The van der Waals surface area contributed by atoms with Gasteiger partial charge in [0.2, 0.25) is 5.91 Å². The van der Waals surface area contributed by atoms with Crippen LogP contribution in [0.2, 0.25) is 0 Å². The third kappa shape index (κ3) is 3.27. The molecule has 0 aliphatic carbocycles. The SMILES string of the molecule is CC(=O)N(c1ccccc1)c1n[nH]c(-c2ccc(F)cc2)c1-c1ccncc1. The number of nitrogens with zero attached hydrogens (tertiary/aromatic N) is 3. The van der Waals surface area contributed by atoms with Gasteiger partial charge in [0, 0.05) is 24.9 Å². The summed E-state index contributed by atoms with van der Waals surface area (Å²) in [7, 11) is 0. The third-order valence-corrected chi connectivity index (χ3v) is 4.39. The van der Waals surface area contributed by atoms with Crippen molar-refractivity contribution in [3.8, 4) is 22.4 Å². The second kappa shape index (κ2) is 7.44. The maximum atomic E-state index is 13.4. The summed E-state index contributed by atoms with van der Waals surface area (Å²) in [6.07, 6.45) is 3.36. The van der Waals surface area contributed by atoms with Crippen LogP contribution in [0.15, 0.2) is 79.1 Å². The van der Waals surface area contributed by atoms with E-state index in [0.717, 1.165) is 16.7 Å². The number of benzene rings is 2. The average molecular weight is 372 g/mol. The summed E-state index contributed by atoms with van der Waals surface area (Å²) in [5.41, 5.74) is 3.77. The van der Waals surface area contributed by atoms with Gasteiger partial charge in [-0.25, -0.2) is 4.39 Å². The van der Waals surface area contributed by atoms with Crippen LogP contribution in [0.3, 0.4) is 0 Å². The van der Waals surface area contributed by atoms with Crippen LogP contribution in [0.1, 0.15) is 6.92 Å². The van der Waals surface area contributed by atoms with Crippen molar-refractivity contribution in [3.63, 3.8) is 0 Å². The molecule has 0 bridgehead atoms. The molecular weight excluding hydrogens is 355 g/mol. The lowest BCUT2D eigenvalue weighted by Gasteiger charge is -2.20. The molecule has 0 spiro atoms. The Bertz CT molecular complexity index is 1090. The van der Waals surface area contributed by atoms with Crippen LogP contribution in [0, 0.1) is 5.82 Å². The van der Waals surface area contributed by atoms with Gasteiger partial charge >= 0.3 is 0 Å². The van der Waals surface area contributed by atoms with Crippen LogP contribution in [0.25, 0.3) is 22.4 Å². The van der Waals surface area contributed by atoms with Gasteiger partial charge in [0.05, 0.1) is 16.9 Å². The van der Waals surface area contributed by atoms with Crippen molar-refractivity contribution in [1.82, 2.24) is 15.2 Å². The Morgan fingerprint density at radius 3 is 2.25 bits per heavy atom. The van der Waals surface area contributed by atoms with Crippen molar-refractivity contribution in [3.05, 3.63) is 84.9 Å². The number of halogens is 1. The van der Waals surface area contributed by atoms with E-state index >= 15 is 0 Å². The Balaban J connectivity index is 1.95. The third-order valence-electron chi connectivity index (χ3n) is 4.39. The highest BCUT2D eigenvalue weighted by Gasteiger charge is 2.25. The number of aromatic amines is 1. The molecule has 4 rings (SSSR count). The molecule has 2 aromatic heterocycles. The summed E-state index contributed by atoms with van der Waals surface area (Å²) in [5.74, 6) is -0.00788. The molecule has 0 atom stereocenters. The molecule has 2 aromatic carbocycles. The van der Waals surface area contributed by atoms with Gasteiger partial charge in [0.25, 0.3) is 0 Å². The Kier molecular flexibility index (Phi) is 4.68. The second-order valence-corrected chi connectivity index (χ2v) is 6.23. The van der Waals surface area contributed by atoms with Crippen LogP contribution >= 0.6 is 0 Å². The van der Waals surface area contributed by atoms with Gasteiger partial charge in [-0.1, -0.05) is 18.2 Å². The second-order valence-electron chi connectivity index (χ2n) is 6.23. The minimum Gasteiger partial charge on any atom is -0.275 e. The summed E-state index contributed by atoms with van der Waals surface area (Å²) in [6, 6.07) is 19.2. The number of pyridine rings is 1. The summed E-state index contributed by atoms with van der Waals surface area (Å²) < 4.78 is 13.4. The van der Waals surface area contributed by atoms with Crippen LogP contribution in [0.4, 0.5) is 15.9 Å². The standard InChI is InChI=1S/C22H17FN4O/c1-15(28)27(19-5-3-2-4-6-19)22-20(16-11-13-24-14-12-16)21(25-26-22)17-7-9-18(23)10-8-17/h2-14H,1H3,(H,25,26). The molecule has 6 heteroatoms. The predicted octanol–water partition coefficient (Wildman–Crippen LogP) is 4.96. The van der Waals surface area contributed by atoms with Gasteiger partial charge in [0.1, 0.15) is 5.82 Å². The van der Waals surface area contributed by atoms with E-state index in [9.17, 15) is 9.18 Å². The number of carbonyl (C=O) groups excluding carboxylic acids is 1. The van der Waals surface area contributed by atoms with Crippen molar-refractivity contribution >= 4 is 17.4 Å². The van der Waals surface area contributed by atoms with Crippen molar-refractivity contribution in [2.45, 2.75) is 6.92 Å². The summed E-state index contributed by atoms with van der Waals surface area (Å²) in [5, 5.41) is 7.48. The topological polar surface area (TPSA) is 61.9 Å². The van der Waals surface area contributed by atoms with Gasteiger partial charge < -0.3 is 0 Å². The highest BCUT2D eigenvalue weighted by molar-refractivity contribution is 6.04. The van der Waals surface area contributed by atoms with E-state index in [0.29, 0.717) is 17.2 Å². The Labute approximate surface area is 161 Å². The van der Waals surface area contributed by atoms with Crippen molar-refractivity contribution in [1.29, 1.82) is 0 Å². The zero-order chi connectivity index (χ0) is 19.5. The Morgan fingerprint density at radius 1 is 0.929 bits per heavy atom. The molecule has 1 N–H and O–H groups in total. The molecule has 0 aliphatic rings. The quantitative estimate of drug-likeness (QED) is 0.551. The highest BCUT2D eigenvalue weighted by atomic mass is 19.1. The molecule has 0 unspecified atom stereocenters. The predicted molar refractivity (Wildman–Crippen MR) is 106 cm³/mol. The number of anilines is 2. The lowest BCUT2D eigenvalue weighted by Crippen LogP contribution is -2.23. The van der Waals surface area contributed by atoms with E-state index in [1.165, 1.54) is 19.1 Å². The first-order valence-electron chi connectivity index (χ1n) is 8.75. The number of aromatic nitrogens is 3. The van der Waals surface area contributed by atoms with Gasteiger partial charge in [-0.3, -0.25) is 19.8 Å². The zero-order valence-electron chi connectivity index (χ0n) is 15.1. The maximum absolute atomic E-state index is 13.4. The number of para-hydroxylation sites is 1. The first-order valence-corrected chi connectivity index (χ1v) is 8.75. The fraction of sp³-hybridized carbons (Fsp3) is 0.0455. The van der Waals surface area contributed by atoms with Gasteiger partial charge in [-0.2, -0.15) is 5.10 Å². The van der Waals surface area contributed by atoms with Gasteiger partial charge in [-0.15, -0.1) is 0 Å². The summed E-state index contributed by atoms with van der Waals surface area (Å²) >= 11 is 0. The Hall–Kier alpha value is -3.80. The molecule has 28 heavy (non-hydrogen) atoms. The number of nitrogens with one attached hydrogen (secondary N) is 1. The molecule has 1 amide bonds. The number of amides is 1. The largest absolute Gasteiger partial charge is 0.275 e. The van der Waals surface area contributed by atoms with E-state index in [-0.39, 0.29) is 11.7 Å². The Morgan fingerprint density at radius 2 is 1.61 bits per heavy atom. The molecule has 0 aliphatic heterocycles. The van der Waals surface area contributed by atoms with Gasteiger partial charge in [0.15, 0.2) is 5.82 Å². The van der Waals surface area contributed by atoms with Gasteiger partial charge in [-0.05, 0) is 54.1 Å². The molecule has 138 valence electrons. The minimum atomic E-state index is -0.316. The number of H-pyrrole nitrogens is 1. The zero-order valence-corrected chi connectivity index (χ0v) is 15.1. The fourth-order valence-electron chi connectivity index (χ4n) is 3.14. The number of hydrogen-bond acceptors (Lipinski definition) is 3. The minimum absolute atomic E-state index is 0.168.